The van der Waals surface area contributed by atoms with Crippen molar-refractivity contribution in [3.8, 4) is 0 Å². The maximum atomic E-state index is 11.2. The van der Waals surface area contributed by atoms with Crippen molar-refractivity contribution in [2.24, 2.45) is 0 Å². The van der Waals surface area contributed by atoms with E-state index >= 15 is 0 Å². The van der Waals surface area contributed by atoms with Crippen LogP contribution in [0.25, 0.3) is 0 Å². The minimum atomic E-state index is -0.137. The summed E-state index contributed by atoms with van der Waals surface area (Å²) in [5.41, 5.74) is -0.137. The second kappa shape index (κ2) is 7.24. The Kier molecular flexibility index (Phi) is 5.10. The molecule has 3 rings (SSSR count). The number of piperidine rings is 2. The van der Waals surface area contributed by atoms with E-state index in [9.17, 15) is 4.79 Å². The standard InChI is InChI=1S/C16H27N5O/c1-20-10-7-13(8-11-20)17-12-14-4-2-3-9-21(14)15-5-6-16(22)19-18-15/h5-6,13-14,17H,2-4,7-12H2,1H3,(H,19,22). The van der Waals surface area contributed by atoms with E-state index in [1.165, 1.54) is 45.2 Å². The molecule has 2 aliphatic rings. The van der Waals surface area contributed by atoms with Crippen LogP contribution < -0.4 is 15.8 Å². The van der Waals surface area contributed by atoms with Crippen molar-refractivity contribution in [3.63, 3.8) is 0 Å². The predicted molar refractivity (Wildman–Crippen MR) is 88.4 cm³/mol. The summed E-state index contributed by atoms with van der Waals surface area (Å²) in [7, 11) is 2.20. The molecule has 2 fully saturated rings. The van der Waals surface area contributed by atoms with E-state index < -0.39 is 0 Å². The molecule has 6 heteroatoms. The summed E-state index contributed by atoms with van der Waals surface area (Å²) in [6, 6.07) is 4.53. The van der Waals surface area contributed by atoms with Gasteiger partial charge >= 0.3 is 0 Å². The first kappa shape index (κ1) is 15.5. The molecule has 6 nitrogen and oxygen atoms in total. The molecule has 0 aliphatic carbocycles. The van der Waals surface area contributed by atoms with Gasteiger partial charge in [0, 0.05) is 31.2 Å². The van der Waals surface area contributed by atoms with E-state index in [1.807, 2.05) is 6.07 Å². The quantitative estimate of drug-likeness (QED) is 0.862. The summed E-state index contributed by atoms with van der Waals surface area (Å²) in [6.45, 7) is 4.41. The van der Waals surface area contributed by atoms with Gasteiger partial charge in [0.15, 0.2) is 0 Å². The Morgan fingerprint density at radius 2 is 2.05 bits per heavy atom. The molecule has 0 amide bonds. The Hall–Kier alpha value is -1.40. The molecule has 1 aromatic rings. The third kappa shape index (κ3) is 3.87. The molecule has 2 saturated heterocycles. The van der Waals surface area contributed by atoms with Crippen LogP contribution in [0.15, 0.2) is 16.9 Å². The van der Waals surface area contributed by atoms with Crippen LogP contribution >= 0.6 is 0 Å². The van der Waals surface area contributed by atoms with Crippen LogP contribution in [0, 0.1) is 0 Å². The summed E-state index contributed by atoms with van der Waals surface area (Å²) in [5, 5.41) is 10.5. The molecule has 0 spiro atoms. The average Bonchev–Trinajstić information content (AvgIpc) is 2.55. The van der Waals surface area contributed by atoms with Gasteiger partial charge in [0.05, 0.1) is 0 Å². The molecular formula is C16H27N5O. The van der Waals surface area contributed by atoms with Gasteiger partial charge in [0.1, 0.15) is 5.82 Å². The van der Waals surface area contributed by atoms with E-state index in [-0.39, 0.29) is 5.56 Å². The molecular weight excluding hydrogens is 278 g/mol. The van der Waals surface area contributed by atoms with Crippen LogP contribution in [-0.2, 0) is 0 Å². The molecule has 0 aromatic carbocycles. The second-order valence-electron chi connectivity index (χ2n) is 6.61. The first-order chi connectivity index (χ1) is 10.7. The van der Waals surface area contributed by atoms with Crippen LogP contribution in [0.4, 0.5) is 5.82 Å². The fourth-order valence-electron chi connectivity index (χ4n) is 3.53. The summed E-state index contributed by atoms with van der Waals surface area (Å²) < 4.78 is 0. The van der Waals surface area contributed by atoms with Gasteiger partial charge in [0.2, 0.25) is 0 Å². The van der Waals surface area contributed by atoms with Gasteiger partial charge < -0.3 is 15.1 Å². The van der Waals surface area contributed by atoms with Crippen molar-refractivity contribution in [1.29, 1.82) is 0 Å². The van der Waals surface area contributed by atoms with Crippen molar-refractivity contribution >= 4 is 5.82 Å². The second-order valence-corrected chi connectivity index (χ2v) is 6.61. The van der Waals surface area contributed by atoms with Gasteiger partial charge in [-0.2, -0.15) is 5.10 Å². The number of nitrogens with one attached hydrogen (secondary N) is 2. The van der Waals surface area contributed by atoms with Crippen molar-refractivity contribution < 1.29 is 0 Å². The molecule has 0 bridgehead atoms. The number of likely N-dealkylation sites (tertiary alicyclic amines) is 1. The predicted octanol–water partition coefficient (Wildman–Crippen LogP) is 0.813. The van der Waals surface area contributed by atoms with Crippen LogP contribution in [-0.4, -0.2) is 60.4 Å². The molecule has 1 aromatic heterocycles. The average molecular weight is 305 g/mol. The minimum Gasteiger partial charge on any atom is -0.351 e. The number of rotatable bonds is 4. The monoisotopic (exact) mass is 305 g/mol. The molecule has 1 atom stereocenters. The van der Waals surface area contributed by atoms with Gasteiger partial charge in [-0.3, -0.25) is 4.79 Å². The number of aromatic amines is 1. The third-order valence-corrected chi connectivity index (χ3v) is 4.95. The molecule has 122 valence electrons. The summed E-state index contributed by atoms with van der Waals surface area (Å²) in [4.78, 5) is 15.9. The lowest BCUT2D eigenvalue weighted by Crippen LogP contribution is -2.50. The Morgan fingerprint density at radius 3 is 2.77 bits per heavy atom. The van der Waals surface area contributed by atoms with Crippen LogP contribution in [0.2, 0.25) is 0 Å². The van der Waals surface area contributed by atoms with Gasteiger partial charge in [-0.15, -0.1) is 0 Å². The van der Waals surface area contributed by atoms with Crippen molar-refractivity contribution in [2.75, 3.05) is 38.1 Å². The molecule has 22 heavy (non-hydrogen) atoms. The van der Waals surface area contributed by atoms with E-state index in [0.717, 1.165) is 18.9 Å². The summed E-state index contributed by atoms with van der Waals surface area (Å²) in [6.07, 6.45) is 6.14. The first-order valence-corrected chi connectivity index (χ1v) is 8.46. The number of H-pyrrole nitrogens is 1. The highest BCUT2D eigenvalue weighted by molar-refractivity contribution is 5.38. The van der Waals surface area contributed by atoms with Crippen molar-refractivity contribution in [1.82, 2.24) is 20.4 Å². The molecule has 0 radical (unpaired) electrons. The first-order valence-electron chi connectivity index (χ1n) is 8.46. The van der Waals surface area contributed by atoms with Crippen molar-refractivity contribution in [2.45, 2.75) is 44.2 Å². The van der Waals surface area contributed by atoms with Gasteiger partial charge in [0.25, 0.3) is 5.56 Å². The third-order valence-electron chi connectivity index (χ3n) is 4.95. The van der Waals surface area contributed by atoms with E-state index in [4.69, 9.17) is 0 Å². The minimum absolute atomic E-state index is 0.137. The molecule has 2 aliphatic heterocycles. The smallest absolute Gasteiger partial charge is 0.264 e. The van der Waals surface area contributed by atoms with Gasteiger partial charge in [-0.05, 0) is 58.3 Å². The fourth-order valence-corrected chi connectivity index (χ4v) is 3.53. The topological polar surface area (TPSA) is 64.3 Å². The molecule has 0 saturated carbocycles. The Morgan fingerprint density at radius 1 is 1.23 bits per heavy atom. The highest BCUT2D eigenvalue weighted by atomic mass is 16.1. The zero-order valence-electron chi connectivity index (χ0n) is 13.4. The van der Waals surface area contributed by atoms with Crippen LogP contribution in [0.3, 0.4) is 0 Å². The maximum absolute atomic E-state index is 11.2. The van der Waals surface area contributed by atoms with E-state index in [1.54, 1.807) is 6.07 Å². The highest BCUT2D eigenvalue weighted by Crippen LogP contribution is 2.22. The zero-order chi connectivity index (χ0) is 15.4. The molecule has 3 heterocycles. The Balaban J connectivity index is 1.58. The summed E-state index contributed by atoms with van der Waals surface area (Å²) in [5.74, 6) is 0.898. The number of hydrogen-bond acceptors (Lipinski definition) is 5. The lowest BCUT2D eigenvalue weighted by atomic mass is 10.0. The van der Waals surface area contributed by atoms with Crippen molar-refractivity contribution in [3.05, 3.63) is 22.5 Å². The number of hydrogen-bond donors (Lipinski definition) is 2. The number of nitrogens with zero attached hydrogens (tertiary/aromatic N) is 3. The number of anilines is 1. The van der Waals surface area contributed by atoms with Crippen LogP contribution in [0.1, 0.15) is 32.1 Å². The fraction of sp³-hybridized carbons (Fsp3) is 0.750. The zero-order valence-corrected chi connectivity index (χ0v) is 13.4. The Bertz CT molecular complexity index is 503. The highest BCUT2D eigenvalue weighted by Gasteiger charge is 2.25. The lowest BCUT2D eigenvalue weighted by molar-refractivity contribution is 0.231. The van der Waals surface area contributed by atoms with Crippen LogP contribution in [0.5, 0.6) is 0 Å². The normalized spacial score (nSPS) is 24.6. The molecule has 2 N–H and O–H groups in total. The largest absolute Gasteiger partial charge is 0.351 e. The lowest BCUT2D eigenvalue weighted by Gasteiger charge is -2.38. The van der Waals surface area contributed by atoms with E-state index in [2.05, 4.69) is 32.4 Å². The Labute approximate surface area is 131 Å². The van der Waals surface area contributed by atoms with Gasteiger partial charge in [-0.1, -0.05) is 0 Å². The maximum Gasteiger partial charge on any atom is 0.264 e. The SMILES string of the molecule is CN1CCC(NCC2CCCCN2c2ccc(=O)[nH]n2)CC1. The molecule has 1 unspecified atom stereocenters. The number of aromatic nitrogens is 2. The summed E-state index contributed by atoms with van der Waals surface area (Å²) >= 11 is 0. The van der Waals surface area contributed by atoms with E-state index in [0.29, 0.717) is 12.1 Å². The van der Waals surface area contributed by atoms with Gasteiger partial charge in [-0.25, -0.2) is 5.10 Å².